The molecule has 0 saturated heterocycles. The van der Waals surface area contributed by atoms with E-state index in [1.165, 1.54) is 0 Å². The minimum Gasteiger partial charge on any atom is -0.294 e. The van der Waals surface area contributed by atoms with Crippen LogP contribution in [0.5, 0.6) is 0 Å². The van der Waals surface area contributed by atoms with E-state index in [4.69, 9.17) is 20.0 Å². The van der Waals surface area contributed by atoms with Crippen molar-refractivity contribution in [2.45, 2.75) is 13.1 Å². The highest BCUT2D eigenvalue weighted by atomic mass is 15.2. The van der Waals surface area contributed by atoms with Crippen LogP contribution >= 0.6 is 0 Å². The molecule has 6 heterocycles. The second-order valence-electron chi connectivity index (χ2n) is 10.7. The normalized spacial score (nSPS) is 16.0. The Labute approximate surface area is 260 Å². The SMILES string of the molecule is C1=NCCN(Cc2ccccn2)CCN=Cc2ccc(cc2)C=NCCN(Cc2ccccn2)CCN=Cc2ccc1cc2. The van der Waals surface area contributed by atoms with Crippen molar-refractivity contribution in [1.82, 2.24) is 19.8 Å². The van der Waals surface area contributed by atoms with Crippen molar-refractivity contribution in [2.24, 2.45) is 20.0 Å². The molecular formula is C36H40N8. The van der Waals surface area contributed by atoms with Gasteiger partial charge in [-0.2, -0.15) is 0 Å². The zero-order valence-electron chi connectivity index (χ0n) is 25.2. The van der Waals surface area contributed by atoms with Crippen molar-refractivity contribution in [3.8, 4) is 0 Å². The highest BCUT2D eigenvalue weighted by molar-refractivity contribution is 5.84. The highest BCUT2D eigenvalue weighted by Gasteiger charge is 2.07. The van der Waals surface area contributed by atoms with Gasteiger partial charge in [0.15, 0.2) is 0 Å². The number of hydrogen-bond acceptors (Lipinski definition) is 8. The molecule has 4 aliphatic rings. The molecule has 8 heteroatoms. The van der Waals surface area contributed by atoms with Gasteiger partial charge in [-0.25, -0.2) is 0 Å². The summed E-state index contributed by atoms with van der Waals surface area (Å²) in [5.41, 5.74) is 6.43. The first-order valence-corrected chi connectivity index (χ1v) is 15.2. The van der Waals surface area contributed by atoms with E-state index in [0.29, 0.717) is 26.2 Å². The average Bonchev–Trinajstić information content (AvgIpc) is 3.07. The summed E-state index contributed by atoms with van der Waals surface area (Å²) in [6.07, 6.45) is 11.5. The van der Waals surface area contributed by atoms with Crippen LogP contribution in [0.2, 0.25) is 0 Å². The Hall–Kier alpha value is -4.66. The van der Waals surface area contributed by atoms with E-state index in [2.05, 4.69) is 80.4 Å². The van der Waals surface area contributed by atoms with Crippen molar-refractivity contribution in [2.75, 3.05) is 52.4 Å². The lowest BCUT2D eigenvalue weighted by atomic mass is 10.1. The van der Waals surface area contributed by atoms with Gasteiger partial charge in [0.25, 0.3) is 0 Å². The maximum atomic E-state index is 4.71. The van der Waals surface area contributed by atoms with Gasteiger partial charge in [0, 0.05) is 76.5 Å². The molecule has 0 radical (unpaired) electrons. The molecule has 8 rings (SSSR count). The van der Waals surface area contributed by atoms with Crippen LogP contribution in [0.1, 0.15) is 33.6 Å². The number of aliphatic imine (C=N–C) groups is 4. The highest BCUT2D eigenvalue weighted by Crippen LogP contribution is 2.06. The van der Waals surface area contributed by atoms with Gasteiger partial charge >= 0.3 is 0 Å². The lowest BCUT2D eigenvalue weighted by molar-refractivity contribution is 0.278. The number of rotatable bonds is 4. The number of aromatic nitrogens is 2. The molecule has 2 aromatic carbocycles. The van der Waals surface area contributed by atoms with Gasteiger partial charge in [-0.3, -0.25) is 39.7 Å². The molecule has 0 unspecified atom stereocenters. The minimum absolute atomic E-state index is 0.706. The Balaban J connectivity index is 1.27. The van der Waals surface area contributed by atoms with E-state index in [1.54, 1.807) is 0 Å². The van der Waals surface area contributed by atoms with E-state index in [9.17, 15) is 0 Å². The minimum atomic E-state index is 0.706. The standard InChI is InChI=1S/C36H40N8/c1-3-15-41-35(5-1)29-43-21-17-37-25-31-7-11-33(12-8-31)27-39-19-23-44(30-36-6-2-4-16-42-36)24-20-40-28-34-13-9-32(10-14-34)26-38-18-22-43/h1-16,25-28H,17-24,29-30H2. The summed E-state index contributed by atoms with van der Waals surface area (Å²) in [7, 11) is 0. The van der Waals surface area contributed by atoms with Crippen molar-refractivity contribution in [3.05, 3.63) is 131 Å². The largest absolute Gasteiger partial charge is 0.294 e. The number of pyridine rings is 2. The van der Waals surface area contributed by atoms with Crippen LogP contribution < -0.4 is 0 Å². The van der Waals surface area contributed by atoms with Crippen LogP contribution in [-0.4, -0.2) is 97.0 Å². The molecular weight excluding hydrogens is 544 g/mol. The fourth-order valence-corrected chi connectivity index (χ4v) is 4.79. The summed E-state index contributed by atoms with van der Waals surface area (Å²) in [4.78, 5) is 32.6. The molecule has 0 aliphatic carbocycles. The third-order valence-electron chi connectivity index (χ3n) is 7.24. The Bertz CT molecular complexity index is 1310. The second kappa shape index (κ2) is 17.5. The Morgan fingerprint density at radius 1 is 0.409 bits per heavy atom. The quantitative estimate of drug-likeness (QED) is 0.343. The summed E-state index contributed by atoms with van der Waals surface area (Å²) in [5, 5.41) is 0. The fourth-order valence-electron chi connectivity index (χ4n) is 4.79. The van der Waals surface area contributed by atoms with Gasteiger partial charge < -0.3 is 0 Å². The molecule has 0 amide bonds. The molecule has 2 aromatic heterocycles. The average molecular weight is 585 g/mol. The zero-order chi connectivity index (χ0) is 30.1. The van der Waals surface area contributed by atoms with Gasteiger partial charge in [0.1, 0.15) is 0 Å². The lowest BCUT2D eigenvalue weighted by Crippen LogP contribution is -2.29. The first-order chi connectivity index (χ1) is 21.8. The molecule has 8 nitrogen and oxygen atoms in total. The molecule has 224 valence electrons. The van der Waals surface area contributed by atoms with Gasteiger partial charge in [-0.05, 0) is 46.5 Å². The molecule has 44 heavy (non-hydrogen) atoms. The summed E-state index contributed by atoms with van der Waals surface area (Å²) < 4.78 is 0. The number of nitrogens with zero attached hydrogens (tertiary/aromatic N) is 8. The molecule has 4 aromatic rings. The Morgan fingerprint density at radius 3 is 1.00 bits per heavy atom. The predicted molar refractivity (Wildman–Crippen MR) is 182 cm³/mol. The maximum Gasteiger partial charge on any atom is 0.0543 e. The summed E-state index contributed by atoms with van der Waals surface area (Å²) in [6, 6.07) is 28.8. The first-order valence-electron chi connectivity index (χ1n) is 15.2. The van der Waals surface area contributed by atoms with Crippen LogP contribution in [0.25, 0.3) is 0 Å². The topological polar surface area (TPSA) is 81.7 Å². The zero-order valence-corrected chi connectivity index (χ0v) is 25.2. The summed E-state index contributed by atoms with van der Waals surface area (Å²) in [5.74, 6) is 0. The van der Waals surface area contributed by atoms with Crippen molar-refractivity contribution in [3.63, 3.8) is 0 Å². The molecule has 0 spiro atoms. The van der Waals surface area contributed by atoms with Crippen molar-refractivity contribution >= 4 is 24.9 Å². The van der Waals surface area contributed by atoms with Gasteiger partial charge in [0.05, 0.1) is 37.6 Å². The van der Waals surface area contributed by atoms with Crippen LogP contribution in [0.15, 0.2) is 117 Å². The molecule has 4 aliphatic heterocycles. The van der Waals surface area contributed by atoms with E-state index in [-0.39, 0.29) is 0 Å². The second-order valence-corrected chi connectivity index (χ2v) is 10.7. The van der Waals surface area contributed by atoms with Crippen molar-refractivity contribution < 1.29 is 0 Å². The summed E-state index contributed by atoms with van der Waals surface area (Å²) >= 11 is 0. The smallest absolute Gasteiger partial charge is 0.0543 e. The molecule has 4 bridgehead atoms. The summed E-state index contributed by atoms with van der Waals surface area (Å²) in [6.45, 7) is 7.70. The van der Waals surface area contributed by atoms with E-state index in [0.717, 1.165) is 72.9 Å². The molecule has 0 atom stereocenters. The Kier molecular flexibility index (Phi) is 12.2. The predicted octanol–water partition coefficient (Wildman–Crippen LogP) is 4.87. The third-order valence-corrected chi connectivity index (χ3v) is 7.24. The van der Waals surface area contributed by atoms with E-state index in [1.807, 2.05) is 61.5 Å². The third kappa shape index (κ3) is 10.9. The fraction of sp³-hybridized carbons (Fsp3) is 0.278. The van der Waals surface area contributed by atoms with Crippen LogP contribution in [-0.2, 0) is 13.1 Å². The maximum absolute atomic E-state index is 4.71. The van der Waals surface area contributed by atoms with Gasteiger partial charge in [0.2, 0.25) is 0 Å². The Morgan fingerprint density at radius 2 is 0.727 bits per heavy atom. The molecule has 0 fully saturated rings. The molecule has 0 saturated carbocycles. The van der Waals surface area contributed by atoms with E-state index >= 15 is 0 Å². The molecule has 0 N–H and O–H groups in total. The number of hydrogen-bond donors (Lipinski definition) is 0. The van der Waals surface area contributed by atoms with E-state index < -0.39 is 0 Å². The first kappa shape index (κ1) is 30.8. The van der Waals surface area contributed by atoms with Crippen LogP contribution in [0.3, 0.4) is 0 Å². The van der Waals surface area contributed by atoms with Crippen LogP contribution in [0, 0.1) is 0 Å². The van der Waals surface area contributed by atoms with Gasteiger partial charge in [-0.15, -0.1) is 0 Å². The monoisotopic (exact) mass is 584 g/mol. The lowest BCUT2D eigenvalue weighted by Gasteiger charge is -2.20. The van der Waals surface area contributed by atoms with Gasteiger partial charge in [-0.1, -0.05) is 60.7 Å². The van der Waals surface area contributed by atoms with Crippen molar-refractivity contribution in [1.29, 1.82) is 0 Å². The van der Waals surface area contributed by atoms with Crippen LogP contribution in [0.4, 0.5) is 0 Å². The number of benzene rings is 2.